The summed E-state index contributed by atoms with van der Waals surface area (Å²) in [6.07, 6.45) is 3.08. The monoisotopic (exact) mass is 328 g/mol. The van der Waals surface area contributed by atoms with E-state index in [1.165, 1.54) is 0 Å². The van der Waals surface area contributed by atoms with Crippen LogP contribution in [0.2, 0.25) is 0 Å². The summed E-state index contributed by atoms with van der Waals surface area (Å²) in [6.45, 7) is 7.46. The molecule has 2 aromatic heterocycles. The molecular weight excluding hydrogens is 304 g/mol. The maximum absolute atomic E-state index is 13.2. The number of pyridine rings is 1. The van der Waals surface area contributed by atoms with E-state index < -0.39 is 0 Å². The van der Waals surface area contributed by atoms with E-state index in [4.69, 9.17) is 10.3 Å². The maximum Gasteiger partial charge on any atom is 0.259 e. The van der Waals surface area contributed by atoms with Gasteiger partial charge in [0, 0.05) is 30.7 Å². The van der Waals surface area contributed by atoms with Gasteiger partial charge >= 0.3 is 0 Å². The van der Waals surface area contributed by atoms with Crippen molar-refractivity contribution in [1.82, 2.24) is 15.0 Å². The number of nitrogens with zero attached hydrogens (tertiary/aromatic N) is 3. The van der Waals surface area contributed by atoms with Crippen molar-refractivity contribution in [3.05, 3.63) is 23.0 Å². The minimum atomic E-state index is -0.0803. The Morgan fingerprint density at radius 1 is 1.38 bits per heavy atom. The molecule has 2 fully saturated rings. The summed E-state index contributed by atoms with van der Waals surface area (Å²) in [5.41, 5.74) is 8.96. The van der Waals surface area contributed by atoms with Gasteiger partial charge in [0.25, 0.3) is 11.6 Å². The lowest BCUT2D eigenvalue weighted by atomic mass is 9.79. The van der Waals surface area contributed by atoms with Crippen LogP contribution in [-0.2, 0) is 0 Å². The zero-order valence-electron chi connectivity index (χ0n) is 14.5. The lowest BCUT2D eigenvalue weighted by Crippen LogP contribution is -2.54. The number of nitrogens with two attached hydrogens (primary N) is 1. The highest BCUT2D eigenvalue weighted by Crippen LogP contribution is 2.41. The minimum Gasteiger partial charge on any atom is -0.338 e. The highest BCUT2D eigenvalue weighted by molar-refractivity contribution is 6.06. The van der Waals surface area contributed by atoms with E-state index >= 15 is 0 Å². The van der Waals surface area contributed by atoms with Crippen LogP contribution in [0.1, 0.15) is 60.8 Å². The molecule has 2 aromatic rings. The Labute approximate surface area is 141 Å². The molecule has 1 unspecified atom stereocenters. The third-order valence-electron chi connectivity index (χ3n) is 5.46. The number of amides is 1. The lowest BCUT2D eigenvalue weighted by Gasteiger charge is -2.42. The quantitative estimate of drug-likeness (QED) is 0.916. The van der Waals surface area contributed by atoms with Gasteiger partial charge in [-0.15, -0.1) is 0 Å². The highest BCUT2D eigenvalue weighted by atomic mass is 16.5. The Kier molecular flexibility index (Phi) is 3.42. The molecule has 0 bridgehead atoms. The van der Waals surface area contributed by atoms with Gasteiger partial charge in [0.2, 0.25) is 0 Å². The van der Waals surface area contributed by atoms with E-state index in [9.17, 15) is 4.79 Å². The third kappa shape index (κ3) is 2.49. The molecule has 1 amide bonds. The summed E-state index contributed by atoms with van der Waals surface area (Å²) in [7, 11) is 0. The van der Waals surface area contributed by atoms with Crippen molar-refractivity contribution in [3.63, 3.8) is 0 Å². The molecule has 2 aliphatic rings. The zero-order chi connectivity index (χ0) is 17.1. The molecular formula is C18H24N4O2. The SMILES string of the molecule is Cc1noc2nc(C3CC3)cc(C(=O)N3CCC(N)C(C)(C)C3)c12. The predicted molar refractivity (Wildman–Crippen MR) is 90.8 cm³/mol. The number of carbonyl (C=O) groups is 1. The van der Waals surface area contributed by atoms with Crippen LogP contribution in [0, 0.1) is 12.3 Å². The number of aryl methyl sites for hydroxylation is 1. The Morgan fingerprint density at radius 2 is 2.12 bits per heavy atom. The highest BCUT2D eigenvalue weighted by Gasteiger charge is 2.37. The summed E-state index contributed by atoms with van der Waals surface area (Å²) in [6, 6.07) is 2.08. The van der Waals surface area contributed by atoms with Gasteiger partial charge in [-0.1, -0.05) is 19.0 Å². The number of fused-ring (bicyclic) bond motifs is 1. The van der Waals surface area contributed by atoms with Gasteiger partial charge in [-0.3, -0.25) is 4.79 Å². The number of aromatic nitrogens is 2. The summed E-state index contributed by atoms with van der Waals surface area (Å²) < 4.78 is 5.35. The summed E-state index contributed by atoms with van der Waals surface area (Å²) in [4.78, 5) is 19.7. The van der Waals surface area contributed by atoms with E-state index in [1.54, 1.807) is 0 Å². The molecule has 24 heavy (non-hydrogen) atoms. The molecule has 1 saturated heterocycles. The van der Waals surface area contributed by atoms with Crippen molar-refractivity contribution >= 4 is 17.0 Å². The standard InChI is InChI=1S/C18H24N4O2/c1-10-15-12(8-13(11-4-5-11)20-16(15)24-21-10)17(23)22-7-6-14(19)18(2,3)9-22/h8,11,14H,4-7,9,19H2,1-3H3. The summed E-state index contributed by atoms with van der Waals surface area (Å²) >= 11 is 0. The molecule has 0 spiro atoms. The van der Waals surface area contributed by atoms with Crippen molar-refractivity contribution in [2.75, 3.05) is 13.1 Å². The van der Waals surface area contributed by atoms with Crippen molar-refractivity contribution in [2.24, 2.45) is 11.1 Å². The third-order valence-corrected chi connectivity index (χ3v) is 5.46. The van der Waals surface area contributed by atoms with Crippen LogP contribution in [0.4, 0.5) is 0 Å². The molecule has 128 valence electrons. The first kappa shape index (κ1) is 15.6. The molecule has 1 saturated carbocycles. The first-order chi connectivity index (χ1) is 11.4. The number of likely N-dealkylation sites (tertiary alicyclic amines) is 1. The largest absolute Gasteiger partial charge is 0.338 e. The molecule has 3 heterocycles. The molecule has 0 radical (unpaired) electrons. The second-order valence-corrected chi connectivity index (χ2v) is 7.93. The van der Waals surface area contributed by atoms with Gasteiger partial charge in [0.1, 0.15) is 0 Å². The Morgan fingerprint density at radius 3 is 2.79 bits per heavy atom. The number of hydrogen-bond donors (Lipinski definition) is 1. The van der Waals surface area contributed by atoms with Gasteiger partial charge in [-0.25, -0.2) is 4.98 Å². The lowest BCUT2D eigenvalue weighted by molar-refractivity contribution is 0.0534. The molecule has 1 aliphatic carbocycles. The van der Waals surface area contributed by atoms with Crippen molar-refractivity contribution < 1.29 is 9.32 Å². The Balaban J connectivity index is 1.75. The fraction of sp³-hybridized carbons (Fsp3) is 0.611. The van der Waals surface area contributed by atoms with E-state index in [-0.39, 0.29) is 17.4 Å². The molecule has 2 N–H and O–H groups in total. The van der Waals surface area contributed by atoms with Crippen molar-refractivity contribution in [3.8, 4) is 0 Å². The van der Waals surface area contributed by atoms with Gasteiger partial charge in [-0.05, 0) is 37.7 Å². The van der Waals surface area contributed by atoms with Crippen LogP contribution in [0.3, 0.4) is 0 Å². The average molecular weight is 328 g/mol. The van der Waals surface area contributed by atoms with E-state index in [0.29, 0.717) is 30.3 Å². The van der Waals surface area contributed by atoms with Crippen LogP contribution in [-0.4, -0.2) is 40.1 Å². The second-order valence-electron chi connectivity index (χ2n) is 7.93. The summed E-state index contributed by atoms with van der Waals surface area (Å²) in [5.74, 6) is 0.494. The number of hydrogen-bond acceptors (Lipinski definition) is 5. The molecule has 4 rings (SSSR count). The van der Waals surface area contributed by atoms with Crippen LogP contribution < -0.4 is 5.73 Å². The number of carbonyl (C=O) groups excluding carboxylic acids is 1. The minimum absolute atomic E-state index is 0.0376. The van der Waals surface area contributed by atoms with Crippen LogP contribution in [0.5, 0.6) is 0 Å². The van der Waals surface area contributed by atoms with Crippen molar-refractivity contribution in [2.45, 2.75) is 52.0 Å². The zero-order valence-corrected chi connectivity index (χ0v) is 14.5. The predicted octanol–water partition coefficient (Wildman–Crippen LogP) is 2.61. The van der Waals surface area contributed by atoms with Gasteiger partial charge in [-0.2, -0.15) is 0 Å². The molecule has 0 aromatic carbocycles. The van der Waals surface area contributed by atoms with E-state index in [0.717, 1.165) is 36.0 Å². The maximum atomic E-state index is 13.2. The van der Waals surface area contributed by atoms with Gasteiger partial charge in [0.15, 0.2) is 0 Å². The first-order valence-electron chi connectivity index (χ1n) is 8.68. The van der Waals surface area contributed by atoms with Crippen LogP contribution in [0.15, 0.2) is 10.6 Å². The smallest absolute Gasteiger partial charge is 0.259 e. The van der Waals surface area contributed by atoms with E-state index in [1.807, 2.05) is 17.9 Å². The topological polar surface area (TPSA) is 85.2 Å². The Bertz CT molecular complexity index is 807. The normalized spacial score (nSPS) is 23.7. The van der Waals surface area contributed by atoms with Gasteiger partial charge < -0.3 is 15.2 Å². The number of rotatable bonds is 2. The van der Waals surface area contributed by atoms with Crippen molar-refractivity contribution in [1.29, 1.82) is 0 Å². The molecule has 6 nitrogen and oxygen atoms in total. The second kappa shape index (κ2) is 5.28. The van der Waals surface area contributed by atoms with Crippen LogP contribution in [0.25, 0.3) is 11.1 Å². The first-order valence-corrected chi connectivity index (χ1v) is 8.68. The molecule has 6 heteroatoms. The molecule has 1 atom stereocenters. The fourth-order valence-electron chi connectivity index (χ4n) is 3.59. The number of piperidine rings is 1. The molecule has 1 aliphatic heterocycles. The Hall–Kier alpha value is -1.95. The summed E-state index contributed by atoms with van der Waals surface area (Å²) in [5, 5.41) is 4.76. The average Bonchev–Trinajstić information content (AvgIpc) is 3.33. The van der Waals surface area contributed by atoms with Gasteiger partial charge in [0.05, 0.1) is 16.6 Å². The van der Waals surface area contributed by atoms with E-state index in [2.05, 4.69) is 24.0 Å². The fourth-order valence-corrected chi connectivity index (χ4v) is 3.59. The van der Waals surface area contributed by atoms with Crippen LogP contribution >= 0.6 is 0 Å².